The van der Waals surface area contributed by atoms with E-state index in [1.807, 2.05) is 11.2 Å². The number of amides is 1. The molecule has 1 aliphatic rings. The number of rotatable bonds is 3. The van der Waals surface area contributed by atoms with E-state index >= 15 is 0 Å². The van der Waals surface area contributed by atoms with Crippen LogP contribution in [0.1, 0.15) is 5.56 Å². The highest BCUT2D eigenvalue weighted by molar-refractivity contribution is 7.99. The lowest BCUT2D eigenvalue weighted by Crippen LogP contribution is -2.49. The second kappa shape index (κ2) is 6.14. The first kappa shape index (κ1) is 13.3. The van der Waals surface area contributed by atoms with Gasteiger partial charge in [0.2, 0.25) is 5.91 Å². The summed E-state index contributed by atoms with van der Waals surface area (Å²) >= 11 is 1.60. The Labute approximate surface area is 113 Å². The van der Waals surface area contributed by atoms with Crippen LogP contribution in [-0.2, 0) is 4.79 Å². The molecule has 0 aliphatic carbocycles. The highest BCUT2D eigenvalue weighted by Crippen LogP contribution is 2.17. The normalized spacial score (nSPS) is 15.9. The maximum Gasteiger partial charge on any atom is 0.232 e. The van der Waals surface area contributed by atoms with Gasteiger partial charge in [-0.1, -0.05) is 17.7 Å². The summed E-state index contributed by atoms with van der Waals surface area (Å²) in [6.07, 6.45) is 1.97. The van der Waals surface area contributed by atoms with Crippen molar-refractivity contribution in [2.24, 2.45) is 0 Å². The molecule has 2 rings (SSSR count). The Balaban J connectivity index is 1.90. The number of benzene rings is 1. The third-order valence-electron chi connectivity index (χ3n) is 3.30. The number of carbonyl (C=O) groups excluding carboxylic acids is 1. The first-order chi connectivity index (χ1) is 8.70. The molecular formula is C14H20N2OS. The Hall–Kier alpha value is -1.16. The van der Waals surface area contributed by atoms with Gasteiger partial charge < -0.3 is 9.80 Å². The second-order valence-corrected chi connectivity index (χ2v) is 5.50. The number of carbonyl (C=O) groups is 1. The molecule has 1 heterocycles. The standard InChI is InChI=1S/C14H20N2OS/c1-12-3-5-13(6-4-12)15-7-9-16(10-8-15)14(17)11-18-2/h3-6H,7-11H2,1-2H3. The van der Waals surface area contributed by atoms with Crippen molar-refractivity contribution in [1.29, 1.82) is 0 Å². The van der Waals surface area contributed by atoms with Crippen molar-refractivity contribution < 1.29 is 4.79 Å². The summed E-state index contributed by atoms with van der Waals surface area (Å²) < 4.78 is 0. The Morgan fingerprint density at radius 1 is 1.17 bits per heavy atom. The lowest BCUT2D eigenvalue weighted by molar-refractivity contribution is -0.128. The van der Waals surface area contributed by atoms with E-state index in [-0.39, 0.29) is 5.91 Å². The minimum absolute atomic E-state index is 0.269. The van der Waals surface area contributed by atoms with Crippen molar-refractivity contribution in [3.63, 3.8) is 0 Å². The Morgan fingerprint density at radius 2 is 1.78 bits per heavy atom. The van der Waals surface area contributed by atoms with Crippen LogP contribution in [-0.4, -0.2) is 49.0 Å². The molecule has 1 aromatic rings. The van der Waals surface area contributed by atoms with Gasteiger partial charge in [0.15, 0.2) is 0 Å². The number of aryl methyl sites for hydroxylation is 1. The van der Waals surface area contributed by atoms with E-state index in [2.05, 4.69) is 36.1 Å². The molecule has 4 heteroatoms. The number of thioether (sulfide) groups is 1. The fourth-order valence-electron chi connectivity index (χ4n) is 2.18. The molecule has 1 fully saturated rings. The van der Waals surface area contributed by atoms with Gasteiger partial charge in [0.25, 0.3) is 0 Å². The SMILES string of the molecule is CSCC(=O)N1CCN(c2ccc(C)cc2)CC1. The van der Waals surface area contributed by atoms with Gasteiger partial charge in [-0.3, -0.25) is 4.79 Å². The fourth-order valence-corrected chi connectivity index (χ4v) is 2.61. The molecule has 3 nitrogen and oxygen atoms in total. The second-order valence-electron chi connectivity index (χ2n) is 4.64. The number of hydrogen-bond donors (Lipinski definition) is 0. The van der Waals surface area contributed by atoms with Crippen LogP contribution in [0.2, 0.25) is 0 Å². The predicted octanol–water partition coefficient (Wildman–Crippen LogP) is 2.01. The zero-order chi connectivity index (χ0) is 13.0. The highest BCUT2D eigenvalue weighted by Gasteiger charge is 2.20. The minimum Gasteiger partial charge on any atom is -0.368 e. The summed E-state index contributed by atoms with van der Waals surface area (Å²) in [6, 6.07) is 8.60. The molecule has 0 bridgehead atoms. The van der Waals surface area contributed by atoms with Crippen molar-refractivity contribution >= 4 is 23.4 Å². The summed E-state index contributed by atoms with van der Waals surface area (Å²) in [4.78, 5) is 16.1. The minimum atomic E-state index is 0.269. The fraction of sp³-hybridized carbons (Fsp3) is 0.500. The van der Waals surface area contributed by atoms with Crippen molar-refractivity contribution in [3.05, 3.63) is 29.8 Å². The van der Waals surface area contributed by atoms with Crippen LogP contribution in [0.5, 0.6) is 0 Å². The van der Waals surface area contributed by atoms with Crippen LogP contribution < -0.4 is 4.90 Å². The van der Waals surface area contributed by atoms with Crippen molar-refractivity contribution in [2.45, 2.75) is 6.92 Å². The molecule has 0 aromatic heterocycles. The monoisotopic (exact) mass is 264 g/mol. The van der Waals surface area contributed by atoms with Crippen LogP contribution in [0.25, 0.3) is 0 Å². The molecule has 1 aromatic carbocycles. The maximum atomic E-state index is 11.8. The molecule has 1 amide bonds. The molecule has 0 saturated carbocycles. The number of nitrogens with zero attached hydrogens (tertiary/aromatic N) is 2. The lowest BCUT2D eigenvalue weighted by Gasteiger charge is -2.36. The van der Waals surface area contributed by atoms with E-state index < -0.39 is 0 Å². The van der Waals surface area contributed by atoms with Gasteiger partial charge in [-0.25, -0.2) is 0 Å². The summed E-state index contributed by atoms with van der Waals surface area (Å²) in [7, 11) is 0. The van der Waals surface area contributed by atoms with Crippen LogP contribution in [0.4, 0.5) is 5.69 Å². The van der Waals surface area contributed by atoms with Crippen LogP contribution in [0.15, 0.2) is 24.3 Å². The van der Waals surface area contributed by atoms with Crippen LogP contribution in [0.3, 0.4) is 0 Å². The number of hydrogen-bond acceptors (Lipinski definition) is 3. The Morgan fingerprint density at radius 3 is 2.33 bits per heavy atom. The van der Waals surface area contributed by atoms with Gasteiger partial charge >= 0.3 is 0 Å². The average molecular weight is 264 g/mol. The molecule has 0 unspecified atom stereocenters. The first-order valence-corrected chi connectivity index (χ1v) is 7.68. The van der Waals surface area contributed by atoms with Gasteiger partial charge in [0.05, 0.1) is 5.75 Å². The summed E-state index contributed by atoms with van der Waals surface area (Å²) in [5, 5.41) is 0. The first-order valence-electron chi connectivity index (χ1n) is 6.29. The zero-order valence-corrected chi connectivity index (χ0v) is 11.9. The topological polar surface area (TPSA) is 23.6 Å². The van der Waals surface area contributed by atoms with E-state index in [1.54, 1.807) is 11.8 Å². The summed E-state index contributed by atoms with van der Waals surface area (Å²) in [5.41, 5.74) is 2.55. The molecule has 0 N–H and O–H groups in total. The van der Waals surface area contributed by atoms with Crippen LogP contribution in [0, 0.1) is 6.92 Å². The van der Waals surface area contributed by atoms with Crippen molar-refractivity contribution in [2.75, 3.05) is 43.1 Å². The maximum absolute atomic E-state index is 11.8. The van der Waals surface area contributed by atoms with Gasteiger partial charge in [-0.15, -0.1) is 0 Å². The van der Waals surface area contributed by atoms with Gasteiger partial charge in [0, 0.05) is 31.9 Å². The van der Waals surface area contributed by atoms with Crippen LogP contribution >= 0.6 is 11.8 Å². The van der Waals surface area contributed by atoms with Gasteiger partial charge in [0.1, 0.15) is 0 Å². The van der Waals surface area contributed by atoms with E-state index in [1.165, 1.54) is 11.3 Å². The van der Waals surface area contributed by atoms with E-state index in [9.17, 15) is 4.79 Å². The number of piperazine rings is 1. The molecule has 0 spiro atoms. The number of anilines is 1. The Bertz CT molecular complexity index is 397. The third-order valence-corrected chi connectivity index (χ3v) is 3.83. The van der Waals surface area contributed by atoms with Gasteiger partial charge in [-0.05, 0) is 25.3 Å². The Kier molecular flexibility index (Phi) is 4.53. The van der Waals surface area contributed by atoms with Crippen molar-refractivity contribution in [3.8, 4) is 0 Å². The van der Waals surface area contributed by atoms with Gasteiger partial charge in [-0.2, -0.15) is 11.8 Å². The molecule has 0 atom stereocenters. The molecule has 1 saturated heterocycles. The molecule has 1 aliphatic heterocycles. The predicted molar refractivity (Wildman–Crippen MR) is 78.4 cm³/mol. The van der Waals surface area contributed by atoms with E-state index in [0.717, 1.165) is 26.2 Å². The zero-order valence-electron chi connectivity index (χ0n) is 11.1. The average Bonchev–Trinajstić information content (AvgIpc) is 2.40. The van der Waals surface area contributed by atoms with E-state index in [0.29, 0.717) is 5.75 Å². The lowest BCUT2D eigenvalue weighted by atomic mass is 10.2. The highest BCUT2D eigenvalue weighted by atomic mass is 32.2. The van der Waals surface area contributed by atoms with Crippen molar-refractivity contribution in [1.82, 2.24) is 4.90 Å². The quantitative estimate of drug-likeness (QED) is 0.834. The molecule has 0 radical (unpaired) electrons. The molecule has 98 valence electrons. The summed E-state index contributed by atoms with van der Waals surface area (Å²) in [5.74, 6) is 0.871. The molecule has 18 heavy (non-hydrogen) atoms. The smallest absolute Gasteiger partial charge is 0.232 e. The third kappa shape index (κ3) is 3.19. The largest absolute Gasteiger partial charge is 0.368 e. The van der Waals surface area contributed by atoms with E-state index in [4.69, 9.17) is 0 Å². The molecular weight excluding hydrogens is 244 g/mol. The summed E-state index contributed by atoms with van der Waals surface area (Å²) in [6.45, 7) is 5.65.